The number of ether oxygens (including phenoxy) is 3. The summed E-state index contributed by atoms with van der Waals surface area (Å²) < 4.78 is 16.9. The molecule has 0 amide bonds. The van der Waals surface area contributed by atoms with Crippen LogP contribution in [0.2, 0.25) is 0 Å². The van der Waals surface area contributed by atoms with Crippen molar-refractivity contribution < 1.29 is 33.8 Å². The fourth-order valence-corrected chi connectivity index (χ4v) is 8.31. The molecule has 0 saturated heterocycles. The first-order valence-electron chi connectivity index (χ1n) is 26.5. The number of quaternary nitrogens is 1. The van der Waals surface area contributed by atoms with Crippen molar-refractivity contribution in [1.29, 1.82) is 0 Å². The van der Waals surface area contributed by atoms with Crippen LogP contribution in [0.15, 0.2) is 0 Å². The molecule has 2 atom stereocenters. The summed E-state index contributed by atoms with van der Waals surface area (Å²) in [7, 11) is 0. The third kappa shape index (κ3) is 46.0. The van der Waals surface area contributed by atoms with Gasteiger partial charge in [0.1, 0.15) is 6.10 Å². The molecule has 0 fully saturated rings. The molecule has 7 heteroatoms. The van der Waals surface area contributed by atoms with Crippen LogP contribution in [0.5, 0.6) is 0 Å². The van der Waals surface area contributed by atoms with Crippen LogP contribution in [-0.2, 0) is 19.0 Å². The number of aliphatic hydroxyl groups is 1. The summed E-state index contributed by atoms with van der Waals surface area (Å²) in [5.74, 6) is -0.00629. The minimum Gasteiger partial charge on any atom is -0.466 e. The van der Waals surface area contributed by atoms with Crippen LogP contribution in [0.3, 0.4) is 0 Å². The second kappa shape index (κ2) is 49.3. The molecule has 352 valence electrons. The van der Waals surface area contributed by atoms with Gasteiger partial charge in [0.2, 0.25) is 0 Å². The Labute approximate surface area is 368 Å². The van der Waals surface area contributed by atoms with Crippen LogP contribution in [0.4, 0.5) is 4.79 Å². The summed E-state index contributed by atoms with van der Waals surface area (Å²) in [5.41, 5.74) is 0. The summed E-state index contributed by atoms with van der Waals surface area (Å²) in [6, 6.07) is 0. The standard InChI is InChI=1S/C52H103NO6/c1-4-7-10-13-15-16-17-24-33-42-50(41-32-12-9-6-3)59-52(56)58-49-40-31-23-20-28-37-46-53(44-35-26-18-21-29-38-47-54)45-36-27-19-22-30-39-48-57-51(55)43-34-25-14-11-8-5-2/h50,54H,4-49H2,1-3H3/p+1. The minimum atomic E-state index is -0.453. The van der Waals surface area contributed by atoms with E-state index in [1.54, 1.807) is 4.90 Å². The molecule has 2 unspecified atom stereocenters. The van der Waals surface area contributed by atoms with Crippen LogP contribution in [0.1, 0.15) is 278 Å². The number of hydrogen-bond donors (Lipinski definition) is 2. The van der Waals surface area contributed by atoms with Gasteiger partial charge in [0.05, 0.1) is 32.8 Å². The van der Waals surface area contributed by atoms with Gasteiger partial charge in [-0.15, -0.1) is 0 Å². The largest absolute Gasteiger partial charge is 0.508 e. The Bertz CT molecular complexity index is 840. The maximum absolute atomic E-state index is 12.6. The second-order valence-electron chi connectivity index (χ2n) is 18.1. The Balaban J connectivity index is 4.19. The highest BCUT2D eigenvalue weighted by atomic mass is 16.7. The molecule has 0 rings (SSSR count). The van der Waals surface area contributed by atoms with E-state index in [4.69, 9.17) is 19.3 Å². The van der Waals surface area contributed by atoms with Gasteiger partial charge in [-0.3, -0.25) is 4.79 Å². The van der Waals surface area contributed by atoms with Crippen LogP contribution < -0.4 is 4.90 Å². The zero-order valence-corrected chi connectivity index (χ0v) is 40.1. The van der Waals surface area contributed by atoms with Crippen molar-refractivity contribution in [2.24, 2.45) is 0 Å². The lowest BCUT2D eigenvalue weighted by Gasteiger charge is -2.20. The maximum atomic E-state index is 12.6. The van der Waals surface area contributed by atoms with Crippen molar-refractivity contribution in [1.82, 2.24) is 0 Å². The topological polar surface area (TPSA) is 86.5 Å². The summed E-state index contributed by atoms with van der Waals surface area (Å²) in [6.07, 6.45) is 47.6. The lowest BCUT2D eigenvalue weighted by molar-refractivity contribution is -0.900. The number of nitrogens with one attached hydrogen (secondary N) is 1. The number of esters is 1. The van der Waals surface area contributed by atoms with Crippen molar-refractivity contribution in [2.45, 2.75) is 284 Å². The molecule has 0 radical (unpaired) electrons. The lowest BCUT2D eigenvalue weighted by atomic mass is 10.0. The van der Waals surface area contributed by atoms with Crippen molar-refractivity contribution in [2.75, 3.05) is 39.5 Å². The number of carbonyl (C=O) groups excluding carboxylic acids is 2. The maximum Gasteiger partial charge on any atom is 0.508 e. The first-order chi connectivity index (χ1) is 29.1. The Kier molecular flexibility index (Phi) is 48.2. The molecule has 0 aliphatic heterocycles. The number of aliphatic hydroxyl groups excluding tert-OH is 1. The predicted molar refractivity (Wildman–Crippen MR) is 252 cm³/mol. The number of unbranched alkanes of at least 4 members (excludes halogenated alkanes) is 31. The zero-order chi connectivity index (χ0) is 43.0. The monoisotopic (exact) mass is 839 g/mol. The van der Waals surface area contributed by atoms with Crippen LogP contribution >= 0.6 is 0 Å². The Morgan fingerprint density at radius 3 is 1.19 bits per heavy atom. The SMILES string of the molecule is CCCCCCCCCCCC(CCCCCC)OC(=O)OCCCCCCCC[NH+](CCCCCCCCO)CCCCCCCCOC(=O)CCCCCCCC. The third-order valence-corrected chi connectivity index (χ3v) is 12.3. The first kappa shape index (κ1) is 57.7. The molecule has 59 heavy (non-hydrogen) atoms. The average molecular weight is 839 g/mol. The van der Waals surface area contributed by atoms with Gasteiger partial charge in [0, 0.05) is 13.0 Å². The predicted octanol–water partition coefficient (Wildman–Crippen LogP) is 14.6. The van der Waals surface area contributed by atoms with E-state index in [0.29, 0.717) is 26.2 Å². The van der Waals surface area contributed by atoms with Crippen molar-refractivity contribution in [3.63, 3.8) is 0 Å². The zero-order valence-electron chi connectivity index (χ0n) is 40.1. The molecule has 0 saturated carbocycles. The summed E-state index contributed by atoms with van der Waals surface area (Å²) >= 11 is 0. The summed E-state index contributed by atoms with van der Waals surface area (Å²) in [6.45, 7) is 12.0. The van der Waals surface area contributed by atoms with Crippen molar-refractivity contribution >= 4 is 12.1 Å². The number of hydrogen-bond acceptors (Lipinski definition) is 6. The molecule has 0 aromatic heterocycles. The van der Waals surface area contributed by atoms with Gasteiger partial charge in [-0.25, -0.2) is 4.79 Å². The number of carbonyl (C=O) groups is 2. The van der Waals surface area contributed by atoms with Gasteiger partial charge in [0.15, 0.2) is 0 Å². The highest BCUT2D eigenvalue weighted by Gasteiger charge is 2.15. The van der Waals surface area contributed by atoms with Crippen LogP contribution in [0, 0.1) is 0 Å². The minimum absolute atomic E-state index is 0.00629. The lowest BCUT2D eigenvalue weighted by Crippen LogP contribution is -3.12. The smallest absolute Gasteiger partial charge is 0.466 e. The summed E-state index contributed by atoms with van der Waals surface area (Å²) in [5, 5.41) is 9.06. The molecule has 0 spiro atoms. The molecule has 0 aromatic rings. The Hall–Kier alpha value is -1.34. The van der Waals surface area contributed by atoms with E-state index in [0.717, 1.165) is 77.0 Å². The van der Waals surface area contributed by atoms with Gasteiger partial charge in [-0.2, -0.15) is 0 Å². The molecule has 0 aliphatic rings. The first-order valence-corrected chi connectivity index (χ1v) is 26.5. The third-order valence-electron chi connectivity index (χ3n) is 12.3. The van der Waals surface area contributed by atoms with Crippen molar-refractivity contribution in [3.8, 4) is 0 Å². The molecular weight excluding hydrogens is 735 g/mol. The highest BCUT2D eigenvalue weighted by Crippen LogP contribution is 2.18. The molecule has 0 aliphatic carbocycles. The van der Waals surface area contributed by atoms with E-state index in [1.807, 2.05) is 0 Å². The van der Waals surface area contributed by atoms with E-state index in [1.165, 1.54) is 193 Å². The number of rotatable bonds is 49. The van der Waals surface area contributed by atoms with Crippen LogP contribution in [0.25, 0.3) is 0 Å². The highest BCUT2D eigenvalue weighted by molar-refractivity contribution is 5.69. The molecule has 0 bridgehead atoms. The molecule has 2 N–H and O–H groups in total. The molecular formula is C52H104NO6+. The van der Waals surface area contributed by atoms with E-state index in [2.05, 4.69) is 20.8 Å². The fourth-order valence-electron chi connectivity index (χ4n) is 8.31. The molecule has 0 heterocycles. The average Bonchev–Trinajstić information content (AvgIpc) is 3.23. The summed E-state index contributed by atoms with van der Waals surface area (Å²) in [4.78, 5) is 26.3. The van der Waals surface area contributed by atoms with E-state index in [9.17, 15) is 9.59 Å². The van der Waals surface area contributed by atoms with E-state index in [-0.39, 0.29) is 12.1 Å². The second-order valence-corrected chi connectivity index (χ2v) is 18.1. The van der Waals surface area contributed by atoms with Crippen molar-refractivity contribution in [3.05, 3.63) is 0 Å². The van der Waals surface area contributed by atoms with Gasteiger partial charge in [0.25, 0.3) is 0 Å². The van der Waals surface area contributed by atoms with Crippen LogP contribution in [-0.4, -0.2) is 62.8 Å². The van der Waals surface area contributed by atoms with E-state index >= 15 is 0 Å². The fraction of sp³-hybridized carbons (Fsp3) is 0.962. The van der Waals surface area contributed by atoms with Gasteiger partial charge < -0.3 is 24.2 Å². The quantitative estimate of drug-likeness (QED) is 0.0469. The van der Waals surface area contributed by atoms with Gasteiger partial charge in [-0.05, 0) is 89.9 Å². The van der Waals surface area contributed by atoms with Gasteiger partial charge >= 0.3 is 12.1 Å². The Morgan fingerprint density at radius 2 is 0.746 bits per heavy atom. The molecule has 7 nitrogen and oxygen atoms in total. The normalized spacial score (nSPS) is 12.5. The Morgan fingerprint density at radius 1 is 0.407 bits per heavy atom. The van der Waals surface area contributed by atoms with E-state index < -0.39 is 6.16 Å². The van der Waals surface area contributed by atoms with Gasteiger partial charge in [-0.1, -0.05) is 181 Å². The molecule has 0 aromatic carbocycles.